The average molecular weight is 397 g/mol. The molecule has 4 heteroatoms. The predicted molar refractivity (Wildman–Crippen MR) is 115 cm³/mol. The first-order valence-electron chi connectivity index (χ1n) is 10.6. The molecule has 29 heavy (non-hydrogen) atoms. The number of ether oxygens (including phenoxy) is 1. The Morgan fingerprint density at radius 3 is 2.62 bits per heavy atom. The van der Waals surface area contributed by atoms with E-state index in [9.17, 15) is 15.0 Å². The molecule has 2 aromatic carbocycles. The maximum Gasteiger partial charge on any atom is 0.303 e. The van der Waals surface area contributed by atoms with Gasteiger partial charge in [-0.1, -0.05) is 44.2 Å². The van der Waals surface area contributed by atoms with Crippen molar-refractivity contribution in [2.45, 2.75) is 70.8 Å². The van der Waals surface area contributed by atoms with E-state index in [1.165, 1.54) is 5.56 Å². The summed E-state index contributed by atoms with van der Waals surface area (Å²) < 4.78 is 6.06. The van der Waals surface area contributed by atoms with Crippen molar-refractivity contribution < 1.29 is 19.7 Å². The van der Waals surface area contributed by atoms with Crippen LogP contribution < -0.4 is 4.74 Å². The highest BCUT2D eigenvalue weighted by Gasteiger charge is 2.34. The molecular formula is C25H32O4. The number of hydrogen-bond acceptors (Lipinski definition) is 3. The van der Waals surface area contributed by atoms with E-state index in [-0.39, 0.29) is 30.1 Å². The molecule has 0 saturated heterocycles. The number of carbonyl (C=O) groups is 1. The standard InChI is InChI=1S/C25H32O4/c1-16(8-7-11-19-9-5-4-6-10-19)20-14-22(26)25-21(17(2)12-24(27)28)13-18(3)29-23(25)15-20/h4-6,9-10,14-18,21,26H,7-8,11-13H2,1-3H3,(H,27,28). The number of rotatable bonds is 8. The molecular weight excluding hydrogens is 364 g/mol. The van der Waals surface area contributed by atoms with Crippen LogP contribution in [0.25, 0.3) is 0 Å². The molecule has 0 aromatic heterocycles. The molecule has 1 aliphatic rings. The van der Waals surface area contributed by atoms with E-state index in [1.807, 2.05) is 26.0 Å². The average Bonchev–Trinajstić information content (AvgIpc) is 2.67. The fourth-order valence-electron chi connectivity index (χ4n) is 4.49. The summed E-state index contributed by atoms with van der Waals surface area (Å²) in [7, 11) is 0. The lowest BCUT2D eigenvalue weighted by Crippen LogP contribution is -2.27. The summed E-state index contributed by atoms with van der Waals surface area (Å²) >= 11 is 0. The second kappa shape index (κ2) is 9.34. The van der Waals surface area contributed by atoms with Gasteiger partial charge in [0.2, 0.25) is 0 Å². The lowest BCUT2D eigenvalue weighted by Gasteiger charge is -2.34. The van der Waals surface area contributed by atoms with Crippen LogP contribution in [-0.4, -0.2) is 22.3 Å². The summed E-state index contributed by atoms with van der Waals surface area (Å²) in [6.45, 7) is 6.14. The van der Waals surface area contributed by atoms with Gasteiger partial charge in [0.1, 0.15) is 11.5 Å². The number of carboxylic acid groups (broad SMARTS) is 1. The van der Waals surface area contributed by atoms with E-state index >= 15 is 0 Å². The number of hydrogen-bond donors (Lipinski definition) is 2. The number of aliphatic carboxylic acids is 1. The van der Waals surface area contributed by atoms with Crippen LogP contribution in [0.1, 0.15) is 75.0 Å². The van der Waals surface area contributed by atoms with Gasteiger partial charge in [0.15, 0.2) is 0 Å². The molecule has 1 heterocycles. The molecule has 156 valence electrons. The van der Waals surface area contributed by atoms with Gasteiger partial charge in [0, 0.05) is 12.0 Å². The highest BCUT2D eigenvalue weighted by atomic mass is 16.5. The minimum atomic E-state index is -0.804. The van der Waals surface area contributed by atoms with Crippen molar-refractivity contribution in [1.82, 2.24) is 0 Å². The van der Waals surface area contributed by atoms with Crippen molar-refractivity contribution >= 4 is 5.97 Å². The molecule has 4 unspecified atom stereocenters. The van der Waals surface area contributed by atoms with Crippen LogP contribution in [0.3, 0.4) is 0 Å². The summed E-state index contributed by atoms with van der Waals surface area (Å²) in [5.74, 6) is 0.398. The number of benzene rings is 2. The molecule has 0 amide bonds. The van der Waals surface area contributed by atoms with Crippen LogP contribution in [-0.2, 0) is 11.2 Å². The van der Waals surface area contributed by atoms with E-state index in [4.69, 9.17) is 4.74 Å². The number of carboxylic acids is 1. The van der Waals surface area contributed by atoms with Gasteiger partial charge in [-0.3, -0.25) is 4.79 Å². The molecule has 0 fully saturated rings. The van der Waals surface area contributed by atoms with Crippen molar-refractivity contribution in [2.24, 2.45) is 5.92 Å². The fourth-order valence-corrected chi connectivity index (χ4v) is 4.49. The quantitative estimate of drug-likeness (QED) is 0.584. The number of fused-ring (bicyclic) bond motifs is 1. The second-order valence-electron chi connectivity index (χ2n) is 8.58. The minimum Gasteiger partial charge on any atom is -0.508 e. The smallest absolute Gasteiger partial charge is 0.303 e. The number of phenolic OH excluding ortho intramolecular Hbond substituents is 1. The van der Waals surface area contributed by atoms with Crippen molar-refractivity contribution in [1.29, 1.82) is 0 Å². The Labute approximate surface area is 173 Å². The van der Waals surface area contributed by atoms with E-state index in [0.29, 0.717) is 5.92 Å². The maximum absolute atomic E-state index is 11.2. The Morgan fingerprint density at radius 1 is 1.21 bits per heavy atom. The van der Waals surface area contributed by atoms with Crippen LogP contribution in [0, 0.1) is 5.92 Å². The second-order valence-corrected chi connectivity index (χ2v) is 8.58. The van der Waals surface area contributed by atoms with Crippen LogP contribution in [0.4, 0.5) is 0 Å². The highest BCUT2D eigenvalue weighted by molar-refractivity contribution is 5.67. The van der Waals surface area contributed by atoms with Crippen molar-refractivity contribution in [3.8, 4) is 11.5 Å². The Balaban J connectivity index is 1.74. The van der Waals surface area contributed by atoms with Crippen LogP contribution in [0.5, 0.6) is 11.5 Å². The van der Waals surface area contributed by atoms with Crippen molar-refractivity contribution in [3.05, 3.63) is 59.2 Å². The zero-order chi connectivity index (χ0) is 21.0. The largest absolute Gasteiger partial charge is 0.508 e. The Hall–Kier alpha value is -2.49. The monoisotopic (exact) mass is 396 g/mol. The molecule has 3 rings (SSSR count). The molecule has 2 N–H and O–H groups in total. The molecule has 0 spiro atoms. The predicted octanol–water partition coefficient (Wildman–Crippen LogP) is 5.88. The first-order valence-corrected chi connectivity index (χ1v) is 10.6. The lowest BCUT2D eigenvalue weighted by atomic mass is 9.78. The molecule has 0 radical (unpaired) electrons. The number of aryl methyl sites for hydroxylation is 1. The SMILES string of the molecule is CC1CC(C(C)CC(=O)O)c2c(O)cc(C(C)CCCc3ccccc3)cc2O1. The molecule has 0 aliphatic carbocycles. The minimum absolute atomic E-state index is 0.00628. The third-order valence-corrected chi connectivity index (χ3v) is 6.13. The summed E-state index contributed by atoms with van der Waals surface area (Å²) in [4.78, 5) is 11.2. The van der Waals surface area contributed by atoms with Gasteiger partial charge in [-0.2, -0.15) is 0 Å². The molecule has 4 nitrogen and oxygen atoms in total. The Morgan fingerprint density at radius 2 is 1.93 bits per heavy atom. The fraction of sp³-hybridized carbons (Fsp3) is 0.480. The third kappa shape index (κ3) is 5.31. The lowest BCUT2D eigenvalue weighted by molar-refractivity contribution is -0.138. The topological polar surface area (TPSA) is 66.8 Å². The molecule has 1 aliphatic heterocycles. The molecule has 0 saturated carbocycles. The van der Waals surface area contributed by atoms with Gasteiger partial charge in [-0.05, 0) is 73.6 Å². The van der Waals surface area contributed by atoms with Gasteiger partial charge in [-0.25, -0.2) is 0 Å². The van der Waals surface area contributed by atoms with E-state index in [2.05, 4.69) is 37.3 Å². The number of aromatic hydroxyl groups is 1. The van der Waals surface area contributed by atoms with Gasteiger partial charge < -0.3 is 14.9 Å². The summed E-state index contributed by atoms with van der Waals surface area (Å²) in [5.41, 5.74) is 3.20. The zero-order valence-electron chi connectivity index (χ0n) is 17.6. The van der Waals surface area contributed by atoms with Gasteiger partial charge in [0.05, 0.1) is 6.10 Å². The molecule has 2 aromatic rings. The first kappa shape index (κ1) is 21.2. The van der Waals surface area contributed by atoms with Crippen molar-refractivity contribution in [3.63, 3.8) is 0 Å². The van der Waals surface area contributed by atoms with Gasteiger partial charge >= 0.3 is 5.97 Å². The zero-order valence-corrected chi connectivity index (χ0v) is 17.6. The van der Waals surface area contributed by atoms with Gasteiger partial charge in [0.25, 0.3) is 0 Å². The summed E-state index contributed by atoms with van der Waals surface area (Å²) in [5, 5.41) is 20.0. The normalized spacial score (nSPS) is 20.4. The van der Waals surface area contributed by atoms with Crippen molar-refractivity contribution in [2.75, 3.05) is 0 Å². The van der Waals surface area contributed by atoms with E-state index in [0.717, 1.165) is 42.6 Å². The molecule has 4 atom stereocenters. The van der Waals surface area contributed by atoms with Crippen LogP contribution >= 0.6 is 0 Å². The first-order chi connectivity index (χ1) is 13.8. The number of phenols is 1. The van der Waals surface area contributed by atoms with Crippen LogP contribution in [0.2, 0.25) is 0 Å². The van der Waals surface area contributed by atoms with Crippen LogP contribution in [0.15, 0.2) is 42.5 Å². The third-order valence-electron chi connectivity index (χ3n) is 6.13. The van der Waals surface area contributed by atoms with E-state index < -0.39 is 5.97 Å². The summed E-state index contributed by atoms with van der Waals surface area (Å²) in [6.07, 6.45) is 3.98. The van der Waals surface area contributed by atoms with Gasteiger partial charge in [-0.15, -0.1) is 0 Å². The highest BCUT2D eigenvalue weighted by Crippen LogP contribution is 2.47. The summed E-state index contributed by atoms with van der Waals surface area (Å²) in [6, 6.07) is 14.4. The maximum atomic E-state index is 11.2. The Kier molecular flexibility index (Phi) is 6.83. The van der Waals surface area contributed by atoms with E-state index in [1.54, 1.807) is 0 Å². The molecule has 0 bridgehead atoms. The Bertz CT molecular complexity index is 830.